The molecule has 0 aromatic heterocycles. The Kier molecular flexibility index (Phi) is 3.95. The van der Waals surface area contributed by atoms with Gasteiger partial charge in [0.2, 0.25) is 0 Å². The van der Waals surface area contributed by atoms with Crippen molar-refractivity contribution in [1.29, 1.82) is 0 Å². The number of carbonyl (C=O) groups excluding carboxylic acids is 1. The molecule has 0 bridgehead atoms. The average molecular weight is 303 g/mol. The smallest absolute Gasteiger partial charge is 0.412 e. The first-order chi connectivity index (χ1) is 10.2. The molecule has 2 rings (SSSR count). The van der Waals surface area contributed by atoms with E-state index in [0.717, 1.165) is 0 Å². The summed E-state index contributed by atoms with van der Waals surface area (Å²) in [5, 5.41) is 22.9. The van der Waals surface area contributed by atoms with E-state index in [1.165, 1.54) is 6.07 Å². The highest BCUT2D eigenvalue weighted by molar-refractivity contribution is 6.08. The summed E-state index contributed by atoms with van der Waals surface area (Å²) in [5.41, 5.74) is -0.977. The highest BCUT2D eigenvalue weighted by Gasteiger charge is 2.21. The van der Waals surface area contributed by atoms with Gasteiger partial charge in [-0.15, -0.1) is 0 Å². The van der Waals surface area contributed by atoms with Crippen LogP contribution in [-0.2, 0) is 4.74 Å². The van der Waals surface area contributed by atoms with E-state index in [-0.39, 0.29) is 11.3 Å². The number of benzene rings is 2. The monoisotopic (exact) mass is 303 g/mol. The van der Waals surface area contributed by atoms with Crippen LogP contribution in [0, 0.1) is 0 Å². The first-order valence-electron chi connectivity index (χ1n) is 6.67. The van der Waals surface area contributed by atoms with Gasteiger partial charge in [-0.3, -0.25) is 5.32 Å². The maximum atomic E-state index is 11.9. The molecule has 0 aliphatic heterocycles. The number of amides is 1. The SMILES string of the molecule is CC(C)(C)OC(=O)Nc1c(O)c(C(=O)O)cc2ccccc12. The minimum Gasteiger partial charge on any atom is -0.505 e. The second-order valence-corrected chi connectivity index (χ2v) is 5.80. The number of fused-ring (bicyclic) bond motifs is 1. The van der Waals surface area contributed by atoms with E-state index < -0.39 is 23.4 Å². The molecule has 0 unspecified atom stereocenters. The summed E-state index contributed by atoms with van der Waals surface area (Å²) in [6, 6.07) is 8.19. The normalized spacial score (nSPS) is 11.2. The van der Waals surface area contributed by atoms with Gasteiger partial charge in [0.05, 0.1) is 5.69 Å². The fraction of sp³-hybridized carbons (Fsp3) is 0.250. The topological polar surface area (TPSA) is 95.9 Å². The van der Waals surface area contributed by atoms with E-state index in [2.05, 4.69) is 5.32 Å². The molecule has 0 atom stereocenters. The van der Waals surface area contributed by atoms with Crippen molar-refractivity contribution < 1.29 is 24.5 Å². The van der Waals surface area contributed by atoms with E-state index in [1.54, 1.807) is 45.0 Å². The number of hydrogen-bond donors (Lipinski definition) is 3. The molecule has 0 aliphatic rings. The second kappa shape index (κ2) is 5.55. The van der Waals surface area contributed by atoms with Crippen LogP contribution in [0.15, 0.2) is 30.3 Å². The third kappa shape index (κ3) is 3.28. The van der Waals surface area contributed by atoms with E-state index >= 15 is 0 Å². The molecule has 3 N–H and O–H groups in total. The van der Waals surface area contributed by atoms with Crippen molar-refractivity contribution in [2.45, 2.75) is 26.4 Å². The number of anilines is 1. The molecule has 0 saturated carbocycles. The standard InChI is InChI=1S/C16H17NO5/c1-16(2,3)22-15(21)17-12-10-7-5-4-6-9(10)8-11(13(12)18)14(19)20/h4-8,18H,1-3H3,(H,17,21)(H,19,20). The third-order valence-corrected chi connectivity index (χ3v) is 2.88. The Morgan fingerprint density at radius 1 is 1.18 bits per heavy atom. The van der Waals surface area contributed by atoms with Crippen LogP contribution in [0.3, 0.4) is 0 Å². The number of aromatic carboxylic acids is 1. The van der Waals surface area contributed by atoms with Crippen LogP contribution < -0.4 is 5.32 Å². The summed E-state index contributed by atoms with van der Waals surface area (Å²) in [7, 11) is 0. The molecular weight excluding hydrogens is 286 g/mol. The van der Waals surface area contributed by atoms with Crippen LogP contribution >= 0.6 is 0 Å². The van der Waals surface area contributed by atoms with Crippen molar-refractivity contribution in [3.05, 3.63) is 35.9 Å². The summed E-state index contributed by atoms with van der Waals surface area (Å²) in [4.78, 5) is 23.1. The van der Waals surface area contributed by atoms with E-state index in [9.17, 15) is 14.7 Å². The lowest BCUT2D eigenvalue weighted by Crippen LogP contribution is -2.27. The second-order valence-electron chi connectivity index (χ2n) is 5.80. The fourth-order valence-corrected chi connectivity index (χ4v) is 2.03. The quantitative estimate of drug-likeness (QED) is 0.737. The zero-order chi connectivity index (χ0) is 16.5. The van der Waals surface area contributed by atoms with E-state index in [1.807, 2.05) is 0 Å². The highest BCUT2D eigenvalue weighted by Crippen LogP contribution is 2.36. The number of phenols is 1. The number of hydrogen-bond acceptors (Lipinski definition) is 4. The Morgan fingerprint density at radius 3 is 2.41 bits per heavy atom. The molecule has 2 aromatic rings. The van der Waals surface area contributed by atoms with Crippen LogP contribution in [-0.4, -0.2) is 27.9 Å². The van der Waals surface area contributed by atoms with Gasteiger partial charge in [-0.2, -0.15) is 0 Å². The Hall–Kier alpha value is -2.76. The van der Waals surface area contributed by atoms with Crippen molar-refractivity contribution in [2.24, 2.45) is 0 Å². The first kappa shape index (κ1) is 15.6. The number of ether oxygens (including phenoxy) is 1. The third-order valence-electron chi connectivity index (χ3n) is 2.88. The number of carbonyl (C=O) groups is 2. The van der Waals surface area contributed by atoms with Gasteiger partial charge in [-0.25, -0.2) is 9.59 Å². The van der Waals surface area contributed by atoms with Crippen LogP contribution in [0.25, 0.3) is 10.8 Å². The molecule has 116 valence electrons. The summed E-state index contributed by atoms with van der Waals surface area (Å²) in [6.45, 7) is 5.12. The van der Waals surface area contributed by atoms with E-state index in [0.29, 0.717) is 10.8 Å². The predicted octanol–water partition coefficient (Wildman–Crippen LogP) is 3.59. The van der Waals surface area contributed by atoms with Gasteiger partial charge in [0.1, 0.15) is 11.2 Å². The number of rotatable bonds is 2. The first-order valence-corrected chi connectivity index (χ1v) is 6.67. The van der Waals surface area contributed by atoms with Gasteiger partial charge >= 0.3 is 12.1 Å². The molecule has 22 heavy (non-hydrogen) atoms. The minimum atomic E-state index is -1.28. The summed E-state index contributed by atoms with van der Waals surface area (Å²) in [6.07, 6.45) is -0.768. The number of carboxylic acids is 1. The molecule has 0 aliphatic carbocycles. The predicted molar refractivity (Wildman–Crippen MR) is 82.4 cm³/mol. The van der Waals surface area contributed by atoms with Crippen LogP contribution in [0.4, 0.5) is 10.5 Å². The Morgan fingerprint density at radius 2 is 1.82 bits per heavy atom. The van der Waals surface area contributed by atoms with Crippen LogP contribution in [0.2, 0.25) is 0 Å². The zero-order valence-electron chi connectivity index (χ0n) is 12.5. The van der Waals surface area contributed by atoms with Crippen LogP contribution in [0.1, 0.15) is 31.1 Å². The molecule has 1 amide bonds. The van der Waals surface area contributed by atoms with Gasteiger partial charge in [-0.05, 0) is 32.2 Å². The Bertz CT molecular complexity index is 746. The summed E-state index contributed by atoms with van der Waals surface area (Å²) in [5.74, 6) is -1.78. The van der Waals surface area contributed by atoms with Gasteiger partial charge < -0.3 is 14.9 Å². The molecule has 2 aromatic carbocycles. The lowest BCUT2D eigenvalue weighted by molar-refractivity contribution is 0.0631. The number of carboxylic acid groups (broad SMARTS) is 1. The van der Waals surface area contributed by atoms with Crippen molar-refractivity contribution >= 4 is 28.5 Å². The largest absolute Gasteiger partial charge is 0.505 e. The molecule has 0 heterocycles. The van der Waals surface area contributed by atoms with Gasteiger partial charge in [0.15, 0.2) is 5.75 Å². The van der Waals surface area contributed by atoms with E-state index in [4.69, 9.17) is 9.84 Å². The lowest BCUT2D eigenvalue weighted by atomic mass is 10.0. The van der Waals surface area contributed by atoms with Crippen molar-refractivity contribution in [2.75, 3.05) is 5.32 Å². The Labute approximate surface area is 127 Å². The van der Waals surface area contributed by atoms with Crippen molar-refractivity contribution in [1.82, 2.24) is 0 Å². The highest BCUT2D eigenvalue weighted by atomic mass is 16.6. The maximum Gasteiger partial charge on any atom is 0.412 e. The zero-order valence-corrected chi connectivity index (χ0v) is 12.5. The molecule has 0 spiro atoms. The minimum absolute atomic E-state index is 0.0183. The molecule has 6 heteroatoms. The lowest BCUT2D eigenvalue weighted by Gasteiger charge is -2.20. The number of aromatic hydroxyl groups is 1. The summed E-state index contributed by atoms with van der Waals surface area (Å²) < 4.78 is 5.14. The number of nitrogens with one attached hydrogen (secondary N) is 1. The molecule has 0 saturated heterocycles. The van der Waals surface area contributed by atoms with Gasteiger partial charge in [0.25, 0.3) is 0 Å². The fourth-order valence-electron chi connectivity index (χ4n) is 2.03. The van der Waals surface area contributed by atoms with Gasteiger partial charge in [-0.1, -0.05) is 24.3 Å². The summed E-state index contributed by atoms with van der Waals surface area (Å²) >= 11 is 0. The average Bonchev–Trinajstić information content (AvgIpc) is 2.39. The van der Waals surface area contributed by atoms with Crippen LogP contribution in [0.5, 0.6) is 5.75 Å². The van der Waals surface area contributed by atoms with Crippen molar-refractivity contribution in [3.63, 3.8) is 0 Å². The van der Waals surface area contributed by atoms with Crippen molar-refractivity contribution in [3.8, 4) is 5.75 Å². The maximum absolute atomic E-state index is 11.9. The molecule has 6 nitrogen and oxygen atoms in total. The Balaban J connectivity index is 2.53. The molecule has 0 fully saturated rings. The molecule has 0 radical (unpaired) electrons. The molecular formula is C16H17NO5. The van der Waals surface area contributed by atoms with Gasteiger partial charge in [0, 0.05) is 5.39 Å².